The molecule has 0 saturated heterocycles. The molecule has 0 spiro atoms. The SMILES string of the molecule is Cc1ccc(-c2ccc3c(c2)[C]([Zr][C]2=C4C=CC=CC4c4ccc(-c5ccc(C)cn5)cc42)=C2C=CC=CC23)nc1. The van der Waals surface area contributed by atoms with Crippen LogP contribution in [0.3, 0.4) is 0 Å². The van der Waals surface area contributed by atoms with Gasteiger partial charge in [0.15, 0.2) is 0 Å². The maximum absolute atomic E-state index is 4.76. The van der Waals surface area contributed by atoms with E-state index >= 15 is 0 Å². The van der Waals surface area contributed by atoms with Gasteiger partial charge in [-0.15, -0.1) is 0 Å². The number of hydrogen-bond acceptors (Lipinski definition) is 2. The number of benzene rings is 2. The van der Waals surface area contributed by atoms with Gasteiger partial charge in [-0.1, -0.05) is 0 Å². The predicted molar refractivity (Wildman–Crippen MR) is 165 cm³/mol. The zero-order chi connectivity index (χ0) is 27.5. The Morgan fingerprint density at radius 1 is 0.561 bits per heavy atom. The van der Waals surface area contributed by atoms with E-state index in [1.807, 2.05) is 12.4 Å². The Kier molecular flexibility index (Phi) is 5.97. The van der Waals surface area contributed by atoms with E-state index in [1.54, 1.807) is 6.56 Å². The van der Waals surface area contributed by atoms with Crippen LogP contribution in [0.4, 0.5) is 0 Å². The molecule has 0 amide bonds. The minimum absolute atomic E-state index is 0.345. The van der Waals surface area contributed by atoms with Gasteiger partial charge in [-0.3, -0.25) is 0 Å². The molecule has 8 rings (SSSR count). The van der Waals surface area contributed by atoms with Crippen LogP contribution in [-0.4, -0.2) is 9.97 Å². The second kappa shape index (κ2) is 9.86. The van der Waals surface area contributed by atoms with E-state index in [2.05, 4.69) is 123 Å². The molecule has 3 heteroatoms. The van der Waals surface area contributed by atoms with Crippen molar-refractivity contribution in [3.05, 3.63) is 166 Å². The fourth-order valence-electron chi connectivity index (χ4n) is 6.50. The standard InChI is InChI=1S/2C19H14N.Zr/c2*1-13-6-9-19(20-12-13)15-7-8-18-16(11-15)10-14-4-2-3-5-17(14)18;/h2*2-9,11-12,17H,1H3;. The van der Waals surface area contributed by atoms with Gasteiger partial charge in [-0.2, -0.15) is 0 Å². The normalized spacial score (nSPS) is 19.4. The van der Waals surface area contributed by atoms with Crippen molar-refractivity contribution in [3.8, 4) is 22.5 Å². The molecule has 2 atom stereocenters. The molecule has 0 N–H and O–H groups in total. The molecule has 4 aliphatic rings. The number of nitrogens with zero attached hydrogens (tertiary/aromatic N) is 2. The Balaban J connectivity index is 1.27. The number of pyridine rings is 2. The van der Waals surface area contributed by atoms with Gasteiger partial charge < -0.3 is 0 Å². The van der Waals surface area contributed by atoms with Crippen molar-refractivity contribution < 1.29 is 23.2 Å². The van der Waals surface area contributed by atoms with Crippen molar-refractivity contribution in [3.63, 3.8) is 0 Å². The van der Waals surface area contributed by atoms with Crippen LogP contribution in [0.5, 0.6) is 0 Å². The van der Waals surface area contributed by atoms with E-state index in [9.17, 15) is 0 Å². The average Bonchev–Trinajstić information content (AvgIpc) is 3.50. The zero-order valence-corrected chi connectivity index (χ0v) is 25.6. The van der Waals surface area contributed by atoms with Crippen LogP contribution in [0.15, 0.2) is 133 Å². The summed E-state index contributed by atoms with van der Waals surface area (Å²) in [7, 11) is 0. The Hall–Kier alpha value is -3.94. The summed E-state index contributed by atoms with van der Waals surface area (Å²) in [6.45, 7) is 4.18. The van der Waals surface area contributed by atoms with Crippen LogP contribution in [0.25, 0.3) is 29.1 Å². The molecule has 2 aromatic carbocycles. The summed E-state index contributed by atoms with van der Waals surface area (Å²) in [6.07, 6.45) is 22.3. The first-order chi connectivity index (χ1) is 20.1. The first kappa shape index (κ1) is 24.8. The van der Waals surface area contributed by atoms with E-state index < -0.39 is 23.2 Å². The summed E-state index contributed by atoms with van der Waals surface area (Å²) in [6, 6.07) is 22.6. The van der Waals surface area contributed by atoms with Gasteiger partial charge in [0.25, 0.3) is 0 Å². The molecule has 194 valence electrons. The van der Waals surface area contributed by atoms with Crippen LogP contribution in [0.2, 0.25) is 0 Å². The summed E-state index contributed by atoms with van der Waals surface area (Å²) in [5.74, 6) is 0.691. The molecule has 0 saturated carbocycles. The van der Waals surface area contributed by atoms with Crippen LogP contribution < -0.4 is 0 Å². The predicted octanol–water partition coefficient (Wildman–Crippen LogP) is 9.08. The average molecular weight is 604 g/mol. The molecule has 0 bridgehead atoms. The molecular weight excluding hydrogens is 576 g/mol. The van der Waals surface area contributed by atoms with Crippen molar-refractivity contribution in [1.82, 2.24) is 9.97 Å². The van der Waals surface area contributed by atoms with Gasteiger partial charge >= 0.3 is 254 Å². The topological polar surface area (TPSA) is 25.8 Å². The third kappa shape index (κ3) is 4.18. The number of rotatable bonds is 4. The van der Waals surface area contributed by atoms with Gasteiger partial charge in [0.2, 0.25) is 0 Å². The van der Waals surface area contributed by atoms with E-state index in [1.165, 1.54) is 55.7 Å². The van der Waals surface area contributed by atoms with Crippen LogP contribution in [0, 0.1) is 13.8 Å². The molecule has 2 unspecified atom stereocenters. The second-order valence-electron chi connectivity index (χ2n) is 11.3. The van der Waals surface area contributed by atoms with Gasteiger partial charge in [-0.25, -0.2) is 0 Å². The summed E-state index contributed by atoms with van der Waals surface area (Å²) in [5.41, 5.74) is 15.6. The Bertz CT molecular complexity index is 1770. The van der Waals surface area contributed by atoms with Crippen molar-refractivity contribution in [2.45, 2.75) is 25.7 Å². The molecule has 41 heavy (non-hydrogen) atoms. The summed E-state index contributed by atoms with van der Waals surface area (Å²) >= 11 is -1.23. The number of aryl methyl sites for hydroxylation is 2. The third-order valence-corrected chi connectivity index (χ3v) is 12.6. The zero-order valence-electron chi connectivity index (χ0n) is 23.1. The second-order valence-corrected chi connectivity index (χ2v) is 14.3. The number of allylic oxidation sites excluding steroid dienone is 10. The molecule has 0 radical (unpaired) electrons. The maximum atomic E-state index is 4.76. The summed E-state index contributed by atoms with van der Waals surface area (Å²) < 4.78 is 3.19. The Labute approximate surface area is 252 Å². The first-order valence-corrected chi connectivity index (χ1v) is 16.7. The third-order valence-electron chi connectivity index (χ3n) is 8.61. The fraction of sp³-hybridized carbons (Fsp3) is 0.105. The first-order valence-electron chi connectivity index (χ1n) is 14.2. The molecule has 2 heterocycles. The molecule has 2 aromatic heterocycles. The minimum atomic E-state index is -1.23. The van der Waals surface area contributed by atoms with Crippen LogP contribution in [0.1, 0.15) is 45.2 Å². The van der Waals surface area contributed by atoms with Crippen molar-refractivity contribution in [2.75, 3.05) is 0 Å². The molecular formula is C38H28N2Zr. The molecule has 0 aliphatic heterocycles. The van der Waals surface area contributed by atoms with E-state index in [0.717, 1.165) is 11.4 Å². The molecule has 4 aromatic rings. The number of fused-ring (bicyclic) bond motifs is 6. The van der Waals surface area contributed by atoms with Gasteiger partial charge in [0, 0.05) is 0 Å². The number of hydrogen-bond donors (Lipinski definition) is 0. The van der Waals surface area contributed by atoms with E-state index in [4.69, 9.17) is 9.97 Å². The van der Waals surface area contributed by atoms with Gasteiger partial charge in [0.05, 0.1) is 0 Å². The van der Waals surface area contributed by atoms with Crippen LogP contribution in [-0.2, 0) is 23.2 Å². The summed E-state index contributed by atoms with van der Waals surface area (Å²) in [4.78, 5) is 9.52. The summed E-state index contributed by atoms with van der Waals surface area (Å²) in [5, 5.41) is 0. The Morgan fingerprint density at radius 2 is 1.05 bits per heavy atom. The van der Waals surface area contributed by atoms with Gasteiger partial charge in [-0.05, 0) is 0 Å². The molecule has 2 nitrogen and oxygen atoms in total. The molecule has 0 fully saturated rings. The van der Waals surface area contributed by atoms with Gasteiger partial charge in [0.1, 0.15) is 0 Å². The Morgan fingerprint density at radius 3 is 1.49 bits per heavy atom. The fourth-order valence-corrected chi connectivity index (χ4v) is 10.7. The van der Waals surface area contributed by atoms with E-state index in [-0.39, 0.29) is 0 Å². The quantitative estimate of drug-likeness (QED) is 0.233. The number of aromatic nitrogens is 2. The van der Waals surface area contributed by atoms with Crippen molar-refractivity contribution in [2.24, 2.45) is 0 Å². The van der Waals surface area contributed by atoms with E-state index in [0.29, 0.717) is 11.8 Å². The van der Waals surface area contributed by atoms with Crippen LogP contribution >= 0.6 is 0 Å². The monoisotopic (exact) mass is 602 g/mol. The van der Waals surface area contributed by atoms with Crippen molar-refractivity contribution >= 4 is 6.56 Å². The molecule has 4 aliphatic carbocycles. The van der Waals surface area contributed by atoms with Crippen molar-refractivity contribution in [1.29, 1.82) is 0 Å².